The predicted octanol–water partition coefficient (Wildman–Crippen LogP) is 4.54. The van der Waals surface area contributed by atoms with Gasteiger partial charge < -0.3 is 5.32 Å². The first-order chi connectivity index (χ1) is 13.5. The van der Waals surface area contributed by atoms with Gasteiger partial charge in [0, 0.05) is 5.92 Å². The number of benzene rings is 2. The van der Waals surface area contributed by atoms with E-state index < -0.39 is 28.5 Å². The first kappa shape index (κ1) is 18.6. The number of carbonyl (C=O) groups is 1. The van der Waals surface area contributed by atoms with Crippen LogP contribution in [0.25, 0.3) is 5.69 Å². The van der Waals surface area contributed by atoms with Crippen LogP contribution in [0.5, 0.6) is 0 Å². The van der Waals surface area contributed by atoms with Gasteiger partial charge in [0.2, 0.25) is 11.1 Å². The van der Waals surface area contributed by atoms with Crippen LogP contribution < -0.4 is 5.32 Å². The average Bonchev–Trinajstić information content (AvgIpc) is 3.45. The molecule has 1 N–H and O–H groups in total. The maximum Gasteiger partial charge on any atom is 0.237 e. The minimum Gasteiger partial charge on any atom is -0.320 e. The van der Waals surface area contributed by atoms with Gasteiger partial charge in [0.15, 0.2) is 0 Å². The van der Waals surface area contributed by atoms with E-state index in [0.717, 1.165) is 48.2 Å². The molecule has 0 spiro atoms. The molecule has 1 aliphatic carbocycles. The molecule has 0 aliphatic heterocycles. The third-order valence-electron chi connectivity index (χ3n) is 4.42. The van der Waals surface area contributed by atoms with Gasteiger partial charge in [-0.05, 0) is 44.0 Å². The van der Waals surface area contributed by atoms with Gasteiger partial charge in [0.1, 0.15) is 23.1 Å². The molecule has 0 saturated heterocycles. The summed E-state index contributed by atoms with van der Waals surface area (Å²) in [6.07, 6.45) is 2.14. The summed E-state index contributed by atoms with van der Waals surface area (Å²) in [7, 11) is 0. The topological polar surface area (TPSA) is 59.8 Å². The second-order valence-corrected chi connectivity index (χ2v) is 7.93. The number of aromatic nitrogens is 3. The lowest BCUT2D eigenvalue weighted by Gasteiger charge is -2.11. The van der Waals surface area contributed by atoms with Gasteiger partial charge in [-0.15, -0.1) is 5.10 Å². The number of amides is 1. The van der Waals surface area contributed by atoms with Crippen LogP contribution in [-0.2, 0) is 4.79 Å². The lowest BCUT2D eigenvalue weighted by atomic mass is 10.3. The number of nitrogens with one attached hydrogen (secondary N) is 1. The second kappa shape index (κ2) is 7.71. The van der Waals surface area contributed by atoms with Crippen LogP contribution in [0.15, 0.2) is 53.7 Å². The van der Waals surface area contributed by atoms with Crippen molar-refractivity contribution in [1.29, 1.82) is 0 Å². The van der Waals surface area contributed by atoms with Crippen molar-refractivity contribution in [2.24, 2.45) is 0 Å². The van der Waals surface area contributed by atoms with E-state index in [1.54, 1.807) is 11.6 Å². The maximum absolute atomic E-state index is 13.8. The molecule has 8 heteroatoms. The van der Waals surface area contributed by atoms with Crippen molar-refractivity contribution in [2.75, 3.05) is 5.32 Å². The highest BCUT2D eigenvalue weighted by Gasteiger charge is 2.31. The third-order valence-corrected chi connectivity index (χ3v) is 5.37. The molecule has 5 nitrogen and oxygen atoms in total. The van der Waals surface area contributed by atoms with Crippen LogP contribution in [0.2, 0.25) is 0 Å². The van der Waals surface area contributed by atoms with Crippen molar-refractivity contribution < 1.29 is 13.6 Å². The fourth-order valence-electron chi connectivity index (χ4n) is 2.77. The smallest absolute Gasteiger partial charge is 0.237 e. The van der Waals surface area contributed by atoms with Crippen LogP contribution >= 0.6 is 11.8 Å². The minimum absolute atomic E-state index is 0.374. The van der Waals surface area contributed by atoms with Crippen LogP contribution in [0.1, 0.15) is 31.5 Å². The fraction of sp³-hybridized carbons (Fsp3) is 0.250. The highest BCUT2D eigenvalue weighted by atomic mass is 32.2. The lowest BCUT2D eigenvalue weighted by molar-refractivity contribution is -0.115. The number of rotatable bonds is 6. The van der Waals surface area contributed by atoms with E-state index >= 15 is 0 Å². The molecular formula is C20H18F2N4OS. The zero-order chi connectivity index (χ0) is 19.7. The molecule has 3 aromatic rings. The Kier molecular flexibility index (Phi) is 5.13. The zero-order valence-corrected chi connectivity index (χ0v) is 15.9. The molecule has 1 atom stereocenters. The predicted molar refractivity (Wildman–Crippen MR) is 104 cm³/mol. The molecule has 0 unspecified atom stereocenters. The number of thioether (sulfide) groups is 1. The van der Waals surface area contributed by atoms with E-state index in [2.05, 4.69) is 15.4 Å². The van der Waals surface area contributed by atoms with Gasteiger partial charge in [0.05, 0.1) is 10.9 Å². The average molecular weight is 400 g/mol. The summed E-state index contributed by atoms with van der Waals surface area (Å²) in [4.78, 5) is 17.0. The summed E-state index contributed by atoms with van der Waals surface area (Å²) in [5.41, 5.74) is 0.468. The van der Waals surface area contributed by atoms with Crippen LogP contribution in [0, 0.1) is 11.6 Å². The summed E-state index contributed by atoms with van der Waals surface area (Å²) in [6.45, 7) is 1.65. The Labute approximate surface area is 165 Å². The number of halogens is 2. The van der Waals surface area contributed by atoms with Crippen molar-refractivity contribution in [3.63, 3.8) is 0 Å². The molecule has 1 aromatic heterocycles. The van der Waals surface area contributed by atoms with Crippen LogP contribution in [0.4, 0.5) is 14.5 Å². The molecular weight excluding hydrogens is 382 g/mol. The molecule has 0 bridgehead atoms. The Bertz CT molecular complexity index is 984. The van der Waals surface area contributed by atoms with Gasteiger partial charge >= 0.3 is 0 Å². The summed E-state index contributed by atoms with van der Waals surface area (Å²) in [6, 6.07) is 13.1. The number of hydrogen-bond donors (Lipinski definition) is 1. The fourth-order valence-corrected chi connectivity index (χ4v) is 3.53. The van der Waals surface area contributed by atoms with Gasteiger partial charge in [-0.3, -0.25) is 4.79 Å². The van der Waals surface area contributed by atoms with E-state index in [9.17, 15) is 13.6 Å². The van der Waals surface area contributed by atoms with Gasteiger partial charge in [-0.2, -0.15) is 0 Å². The summed E-state index contributed by atoms with van der Waals surface area (Å²) in [5.74, 6) is -0.890. The molecule has 1 aliphatic rings. The van der Waals surface area contributed by atoms with Crippen molar-refractivity contribution >= 4 is 23.4 Å². The van der Waals surface area contributed by atoms with Crippen LogP contribution in [0.3, 0.4) is 0 Å². The number of para-hydroxylation sites is 2. The van der Waals surface area contributed by atoms with E-state index in [4.69, 9.17) is 0 Å². The number of carbonyl (C=O) groups excluding carboxylic acids is 1. The first-order valence-electron chi connectivity index (χ1n) is 8.97. The molecule has 1 fully saturated rings. The van der Waals surface area contributed by atoms with Crippen molar-refractivity contribution in [3.8, 4) is 5.69 Å². The maximum atomic E-state index is 13.8. The summed E-state index contributed by atoms with van der Waals surface area (Å²) in [5, 5.41) is 6.69. The van der Waals surface area contributed by atoms with Gasteiger partial charge in [-0.1, -0.05) is 36.0 Å². The Balaban J connectivity index is 1.52. The highest BCUT2D eigenvalue weighted by molar-refractivity contribution is 8.00. The van der Waals surface area contributed by atoms with Crippen molar-refractivity contribution in [3.05, 3.63) is 66.0 Å². The van der Waals surface area contributed by atoms with E-state index in [-0.39, 0.29) is 0 Å². The standard InChI is InChI=1S/C20H18F2N4OS/c1-12(19(27)23-17-15(21)8-5-9-16(17)22)28-20-24-18(13-10-11-13)26(25-20)14-6-3-2-4-7-14/h2-9,12-13H,10-11H2,1H3,(H,23,27)/t12-/m1/s1. The first-order valence-corrected chi connectivity index (χ1v) is 9.85. The largest absolute Gasteiger partial charge is 0.320 e. The molecule has 1 amide bonds. The molecule has 2 aromatic carbocycles. The van der Waals surface area contributed by atoms with E-state index in [0.29, 0.717) is 11.1 Å². The Hall–Kier alpha value is -2.74. The van der Waals surface area contributed by atoms with Crippen molar-refractivity contribution in [1.82, 2.24) is 14.8 Å². The van der Waals surface area contributed by atoms with E-state index in [1.165, 1.54) is 6.07 Å². The van der Waals surface area contributed by atoms with Crippen molar-refractivity contribution in [2.45, 2.75) is 36.1 Å². The molecule has 144 valence electrons. The number of hydrogen-bond acceptors (Lipinski definition) is 4. The van der Waals surface area contributed by atoms with Gasteiger partial charge in [0.25, 0.3) is 0 Å². The normalized spacial score (nSPS) is 14.7. The Morgan fingerprint density at radius 3 is 2.46 bits per heavy atom. The monoisotopic (exact) mass is 400 g/mol. The molecule has 1 saturated carbocycles. The quantitative estimate of drug-likeness (QED) is 0.617. The Morgan fingerprint density at radius 2 is 1.82 bits per heavy atom. The summed E-state index contributed by atoms with van der Waals surface area (Å²) < 4.78 is 29.3. The second-order valence-electron chi connectivity index (χ2n) is 6.62. The minimum atomic E-state index is -0.812. The van der Waals surface area contributed by atoms with E-state index in [1.807, 2.05) is 30.3 Å². The lowest BCUT2D eigenvalue weighted by Crippen LogP contribution is -2.23. The number of anilines is 1. The summed E-state index contributed by atoms with van der Waals surface area (Å²) >= 11 is 1.16. The molecule has 1 heterocycles. The third kappa shape index (κ3) is 3.91. The van der Waals surface area contributed by atoms with Gasteiger partial charge in [-0.25, -0.2) is 18.4 Å². The zero-order valence-electron chi connectivity index (χ0n) is 15.1. The molecule has 28 heavy (non-hydrogen) atoms. The Morgan fingerprint density at radius 1 is 1.14 bits per heavy atom. The van der Waals surface area contributed by atoms with Crippen LogP contribution in [-0.4, -0.2) is 25.9 Å². The highest BCUT2D eigenvalue weighted by Crippen LogP contribution is 2.40. The number of nitrogens with zero attached hydrogens (tertiary/aromatic N) is 3. The molecule has 4 rings (SSSR count). The molecule has 0 radical (unpaired) electrons. The SMILES string of the molecule is C[C@@H](Sc1nc(C2CC2)n(-c2ccccc2)n1)C(=O)Nc1c(F)cccc1F.